The summed E-state index contributed by atoms with van der Waals surface area (Å²) in [6, 6.07) is 0.539. The lowest BCUT2D eigenvalue weighted by atomic mass is 10.0. The van der Waals surface area contributed by atoms with E-state index >= 15 is 0 Å². The number of anilines is 2. The number of hydrogen-bond acceptors (Lipinski definition) is 5. The van der Waals surface area contributed by atoms with Crippen LogP contribution in [0, 0.1) is 5.92 Å². The Balaban J connectivity index is 1.68. The first-order chi connectivity index (χ1) is 9.31. The van der Waals surface area contributed by atoms with Crippen molar-refractivity contribution in [1.29, 1.82) is 0 Å². The largest absolute Gasteiger partial charge is 0.355 e. The van der Waals surface area contributed by atoms with Gasteiger partial charge in [0.25, 0.3) is 0 Å². The van der Waals surface area contributed by atoms with Crippen LogP contribution in [0.15, 0.2) is 6.20 Å². The topological polar surface area (TPSA) is 53.9 Å². The highest BCUT2D eigenvalue weighted by atomic mass is 15.3. The molecule has 0 radical (unpaired) electrons. The zero-order chi connectivity index (χ0) is 13.1. The summed E-state index contributed by atoms with van der Waals surface area (Å²) in [6.07, 6.45) is 9.45. The van der Waals surface area contributed by atoms with Gasteiger partial charge in [-0.15, -0.1) is 5.10 Å². The molecule has 0 spiro atoms. The highest BCUT2D eigenvalue weighted by Crippen LogP contribution is 2.23. The van der Waals surface area contributed by atoms with E-state index in [9.17, 15) is 0 Å². The van der Waals surface area contributed by atoms with Crippen LogP contribution >= 0.6 is 0 Å². The van der Waals surface area contributed by atoms with Gasteiger partial charge in [0.05, 0.1) is 6.20 Å². The predicted octanol–water partition coefficient (Wildman–Crippen LogP) is 2.46. The first kappa shape index (κ1) is 12.6. The molecule has 1 aromatic rings. The van der Waals surface area contributed by atoms with Crippen molar-refractivity contribution in [2.24, 2.45) is 5.92 Å². The first-order valence-electron chi connectivity index (χ1n) is 7.52. The van der Waals surface area contributed by atoms with E-state index in [1.54, 1.807) is 6.20 Å². The molecule has 1 N–H and O–H groups in total. The molecule has 1 unspecified atom stereocenters. The van der Waals surface area contributed by atoms with Crippen LogP contribution in [0.25, 0.3) is 0 Å². The smallest absolute Gasteiger partial charge is 0.244 e. The predicted molar refractivity (Wildman–Crippen MR) is 76.3 cm³/mol. The van der Waals surface area contributed by atoms with E-state index in [2.05, 4.69) is 32.3 Å². The second-order valence-electron chi connectivity index (χ2n) is 5.96. The molecule has 0 bridgehead atoms. The number of nitrogens with zero attached hydrogens (tertiary/aromatic N) is 4. The van der Waals surface area contributed by atoms with Crippen molar-refractivity contribution in [1.82, 2.24) is 15.2 Å². The Hall–Kier alpha value is -1.39. The highest BCUT2D eigenvalue weighted by Gasteiger charge is 2.20. The fraction of sp³-hybridized carbons (Fsp3) is 0.786. The molecule has 5 heteroatoms. The first-order valence-corrected chi connectivity index (χ1v) is 7.52. The van der Waals surface area contributed by atoms with Gasteiger partial charge in [-0.25, -0.2) is 0 Å². The van der Waals surface area contributed by atoms with Crippen LogP contribution < -0.4 is 10.2 Å². The summed E-state index contributed by atoms with van der Waals surface area (Å²) in [5.74, 6) is 2.42. The fourth-order valence-electron chi connectivity index (χ4n) is 3.16. The zero-order valence-electron chi connectivity index (χ0n) is 11.7. The van der Waals surface area contributed by atoms with Gasteiger partial charge in [-0.05, 0) is 31.6 Å². The fourth-order valence-corrected chi connectivity index (χ4v) is 3.16. The number of hydrogen-bond donors (Lipinski definition) is 1. The molecule has 2 heterocycles. The summed E-state index contributed by atoms with van der Waals surface area (Å²) >= 11 is 0. The average molecular weight is 261 g/mol. The number of aromatic nitrogens is 3. The molecule has 1 saturated carbocycles. The standard InChI is InChI=1S/C14H23N5/c1-11-5-4-8-19(10-11)13-9-15-18-14(17-13)16-12-6-2-3-7-12/h9,11-12H,2-8,10H2,1H3,(H,16,17,18). The van der Waals surface area contributed by atoms with Crippen LogP contribution in [0.2, 0.25) is 0 Å². The summed E-state index contributed by atoms with van der Waals surface area (Å²) in [6.45, 7) is 4.48. The van der Waals surface area contributed by atoms with Gasteiger partial charge in [0, 0.05) is 19.1 Å². The van der Waals surface area contributed by atoms with Crippen molar-refractivity contribution < 1.29 is 0 Å². The molecule has 104 valence electrons. The van der Waals surface area contributed by atoms with Crippen molar-refractivity contribution in [2.75, 3.05) is 23.3 Å². The molecule has 1 saturated heterocycles. The summed E-state index contributed by atoms with van der Waals surface area (Å²) in [7, 11) is 0. The average Bonchev–Trinajstić information content (AvgIpc) is 2.92. The molecule has 2 aliphatic rings. The third kappa shape index (κ3) is 3.14. The third-order valence-corrected chi connectivity index (χ3v) is 4.22. The lowest BCUT2D eigenvalue weighted by molar-refractivity contribution is 0.444. The van der Waals surface area contributed by atoms with Gasteiger partial charge < -0.3 is 10.2 Å². The van der Waals surface area contributed by atoms with Crippen molar-refractivity contribution in [3.8, 4) is 0 Å². The Morgan fingerprint density at radius 1 is 1.21 bits per heavy atom. The Morgan fingerprint density at radius 3 is 2.84 bits per heavy atom. The van der Waals surface area contributed by atoms with Gasteiger partial charge in [-0.2, -0.15) is 10.1 Å². The maximum atomic E-state index is 4.64. The SMILES string of the molecule is CC1CCCN(c2cnnc(NC3CCCC3)n2)C1. The van der Waals surface area contributed by atoms with Gasteiger partial charge in [0.15, 0.2) is 5.82 Å². The maximum absolute atomic E-state index is 4.64. The van der Waals surface area contributed by atoms with Gasteiger partial charge in [0.2, 0.25) is 5.95 Å². The molecule has 1 aliphatic carbocycles. The van der Waals surface area contributed by atoms with Crippen molar-refractivity contribution in [2.45, 2.75) is 51.5 Å². The summed E-state index contributed by atoms with van der Waals surface area (Å²) in [5, 5.41) is 11.6. The van der Waals surface area contributed by atoms with Crippen LogP contribution in [-0.2, 0) is 0 Å². The lowest BCUT2D eigenvalue weighted by Gasteiger charge is -2.31. The number of rotatable bonds is 3. The minimum atomic E-state index is 0.539. The zero-order valence-corrected chi connectivity index (χ0v) is 11.7. The Kier molecular flexibility index (Phi) is 3.80. The normalized spacial score (nSPS) is 24.7. The Morgan fingerprint density at radius 2 is 2.05 bits per heavy atom. The molecule has 5 nitrogen and oxygen atoms in total. The summed E-state index contributed by atoms with van der Waals surface area (Å²) < 4.78 is 0. The molecular weight excluding hydrogens is 238 g/mol. The molecule has 2 fully saturated rings. The molecule has 1 aliphatic heterocycles. The van der Waals surface area contributed by atoms with Crippen LogP contribution in [0.5, 0.6) is 0 Å². The second kappa shape index (κ2) is 5.72. The molecule has 0 amide bonds. The summed E-state index contributed by atoms with van der Waals surface area (Å²) in [4.78, 5) is 6.97. The van der Waals surface area contributed by atoms with Crippen LogP contribution in [-0.4, -0.2) is 34.3 Å². The Bertz CT molecular complexity index is 416. The van der Waals surface area contributed by atoms with Crippen LogP contribution in [0.1, 0.15) is 45.4 Å². The number of piperidine rings is 1. The maximum Gasteiger partial charge on any atom is 0.244 e. The molecule has 3 rings (SSSR count). The van der Waals surface area contributed by atoms with Crippen molar-refractivity contribution in [3.63, 3.8) is 0 Å². The van der Waals surface area contributed by atoms with E-state index in [0.29, 0.717) is 12.0 Å². The highest BCUT2D eigenvalue weighted by molar-refractivity contribution is 5.41. The molecule has 19 heavy (non-hydrogen) atoms. The van der Waals surface area contributed by atoms with E-state index in [4.69, 9.17) is 0 Å². The third-order valence-electron chi connectivity index (χ3n) is 4.22. The number of nitrogens with one attached hydrogen (secondary N) is 1. The van der Waals surface area contributed by atoms with Crippen molar-refractivity contribution in [3.05, 3.63) is 6.20 Å². The Labute approximate surface area is 114 Å². The molecule has 1 atom stereocenters. The monoisotopic (exact) mass is 261 g/mol. The van der Waals surface area contributed by atoms with Gasteiger partial charge in [0.1, 0.15) is 0 Å². The van der Waals surface area contributed by atoms with Crippen LogP contribution in [0.4, 0.5) is 11.8 Å². The lowest BCUT2D eigenvalue weighted by Crippen LogP contribution is -2.35. The van der Waals surface area contributed by atoms with E-state index in [-0.39, 0.29) is 0 Å². The van der Waals surface area contributed by atoms with Gasteiger partial charge in [-0.1, -0.05) is 19.8 Å². The minimum absolute atomic E-state index is 0.539. The molecule has 0 aromatic carbocycles. The summed E-state index contributed by atoms with van der Waals surface area (Å²) in [5.41, 5.74) is 0. The van der Waals surface area contributed by atoms with Crippen molar-refractivity contribution >= 4 is 11.8 Å². The van der Waals surface area contributed by atoms with E-state index in [0.717, 1.165) is 24.8 Å². The van der Waals surface area contributed by atoms with Gasteiger partial charge in [-0.3, -0.25) is 0 Å². The van der Waals surface area contributed by atoms with Gasteiger partial charge >= 0.3 is 0 Å². The molecular formula is C14H23N5. The van der Waals surface area contributed by atoms with E-state index in [1.807, 2.05) is 0 Å². The molecule has 1 aromatic heterocycles. The minimum Gasteiger partial charge on any atom is -0.355 e. The van der Waals surface area contributed by atoms with Crippen LogP contribution in [0.3, 0.4) is 0 Å². The second-order valence-corrected chi connectivity index (χ2v) is 5.96. The quantitative estimate of drug-likeness (QED) is 0.906. The van der Waals surface area contributed by atoms with E-state index < -0.39 is 0 Å². The van der Waals surface area contributed by atoms with E-state index in [1.165, 1.54) is 38.5 Å².